The summed E-state index contributed by atoms with van der Waals surface area (Å²) < 4.78 is 6.84. The summed E-state index contributed by atoms with van der Waals surface area (Å²) in [6.07, 6.45) is -0.545. The molecule has 4 heteroatoms. The lowest BCUT2D eigenvalue weighted by Crippen LogP contribution is -2.27. The molecule has 1 N–H and O–H groups in total. The molecule has 1 atom stereocenters. The van der Waals surface area contributed by atoms with Crippen LogP contribution in [-0.4, -0.2) is 42.9 Å². The van der Waals surface area contributed by atoms with E-state index in [-0.39, 0.29) is 0 Å². The van der Waals surface area contributed by atoms with Gasteiger partial charge in [0.15, 0.2) is 0 Å². The second kappa shape index (κ2) is 7.74. The maximum atomic E-state index is 10.2. The van der Waals surface area contributed by atoms with Crippen LogP contribution >= 0.6 is 11.3 Å². The Balaban J connectivity index is 1.80. The number of fused-ring (bicyclic) bond motifs is 1. The summed E-state index contributed by atoms with van der Waals surface area (Å²) in [6, 6.07) is 8.17. The molecule has 0 amide bonds. The van der Waals surface area contributed by atoms with Crippen molar-refractivity contribution in [1.29, 1.82) is 0 Å². The van der Waals surface area contributed by atoms with Crippen LogP contribution in [0.3, 0.4) is 0 Å². The van der Waals surface area contributed by atoms with Gasteiger partial charge in [0.2, 0.25) is 0 Å². The fraction of sp³-hybridized carbons (Fsp3) is 0.500. The van der Waals surface area contributed by atoms with Gasteiger partial charge in [0.1, 0.15) is 6.10 Å². The van der Waals surface area contributed by atoms with Crippen molar-refractivity contribution in [2.45, 2.75) is 20.0 Å². The Bertz CT molecular complexity index is 522. The minimum absolute atomic E-state index is 0.358. The van der Waals surface area contributed by atoms with Crippen LogP contribution in [0.25, 0.3) is 10.1 Å². The SMILES string of the molecule is CCN(CC)CCOCC(O)c1ccc2sccc2c1. The van der Waals surface area contributed by atoms with E-state index in [1.165, 1.54) is 10.1 Å². The quantitative estimate of drug-likeness (QED) is 0.758. The summed E-state index contributed by atoms with van der Waals surface area (Å²) in [5.74, 6) is 0. The summed E-state index contributed by atoms with van der Waals surface area (Å²) in [4.78, 5) is 2.31. The topological polar surface area (TPSA) is 32.7 Å². The normalized spacial score (nSPS) is 13.2. The standard InChI is InChI=1S/C16H23NO2S/c1-3-17(4-2)8-9-19-12-15(18)13-5-6-16-14(11-13)7-10-20-16/h5-7,10-11,15,18H,3-4,8-9,12H2,1-2H3. The molecule has 0 fully saturated rings. The molecule has 2 aromatic rings. The van der Waals surface area contributed by atoms with Gasteiger partial charge in [0.25, 0.3) is 0 Å². The Morgan fingerprint density at radius 1 is 1.25 bits per heavy atom. The summed E-state index contributed by atoms with van der Waals surface area (Å²) in [6.45, 7) is 8.32. The zero-order valence-corrected chi connectivity index (χ0v) is 13.0. The second-order valence-corrected chi connectivity index (χ2v) is 5.78. The Kier molecular flexibility index (Phi) is 5.98. The Hall–Kier alpha value is -0.940. The number of nitrogens with zero attached hydrogens (tertiary/aromatic N) is 1. The maximum absolute atomic E-state index is 10.2. The van der Waals surface area contributed by atoms with Crippen LogP contribution in [0.5, 0.6) is 0 Å². The van der Waals surface area contributed by atoms with Crippen LogP contribution < -0.4 is 0 Å². The van der Waals surface area contributed by atoms with Gasteiger partial charge in [0, 0.05) is 11.2 Å². The van der Waals surface area contributed by atoms with E-state index in [4.69, 9.17) is 4.74 Å². The van der Waals surface area contributed by atoms with E-state index in [1.807, 2.05) is 12.1 Å². The highest BCUT2D eigenvalue weighted by Gasteiger charge is 2.09. The predicted molar refractivity (Wildman–Crippen MR) is 85.4 cm³/mol. The van der Waals surface area contributed by atoms with E-state index < -0.39 is 6.10 Å². The van der Waals surface area contributed by atoms with Gasteiger partial charge < -0.3 is 14.7 Å². The molecule has 1 aromatic carbocycles. The average molecular weight is 293 g/mol. The van der Waals surface area contributed by atoms with Gasteiger partial charge in [-0.1, -0.05) is 19.9 Å². The second-order valence-electron chi connectivity index (χ2n) is 4.84. The molecule has 0 saturated carbocycles. The van der Waals surface area contributed by atoms with Crippen molar-refractivity contribution >= 4 is 21.4 Å². The molecule has 0 saturated heterocycles. The molecule has 20 heavy (non-hydrogen) atoms. The highest BCUT2D eigenvalue weighted by atomic mass is 32.1. The molecule has 0 aliphatic rings. The van der Waals surface area contributed by atoms with Gasteiger partial charge in [-0.15, -0.1) is 11.3 Å². The molecule has 3 nitrogen and oxygen atoms in total. The number of rotatable bonds is 8. The third-order valence-corrected chi connectivity index (χ3v) is 4.48. The first-order valence-electron chi connectivity index (χ1n) is 7.20. The molecule has 0 aliphatic heterocycles. The van der Waals surface area contributed by atoms with Crippen molar-refractivity contribution in [3.8, 4) is 0 Å². The first-order valence-corrected chi connectivity index (χ1v) is 8.07. The van der Waals surface area contributed by atoms with E-state index in [0.717, 1.165) is 25.2 Å². The molecule has 0 spiro atoms. The minimum atomic E-state index is -0.545. The zero-order valence-electron chi connectivity index (χ0n) is 12.2. The molecular weight excluding hydrogens is 270 g/mol. The molecule has 0 radical (unpaired) electrons. The van der Waals surface area contributed by atoms with Gasteiger partial charge in [0.05, 0.1) is 13.2 Å². The Labute approximate surface area is 124 Å². The van der Waals surface area contributed by atoms with E-state index >= 15 is 0 Å². The highest BCUT2D eigenvalue weighted by molar-refractivity contribution is 7.17. The molecule has 2 rings (SSSR count). The zero-order chi connectivity index (χ0) is 14.4. The van der Waals surface area contributed by atoms with Crippen LogP contribution in [-0.2, 0) is 4.74 Å². The van der Waals surface area contributed by atoms with Crippen molar-refractivity contribution < 1.29 is 9.84 Å². The number of benzene rings is 1. The molecule has 0 aliphatic carbocycles. The first kappa shape index (κ1) is 15.4. The molecule has 1 unspecified atom stereocenters. The lowest BCUT2D eigenvalue weighted by atomic mass is 10.1. The number of hydrogen-bond acceptors (Lipinski definition) is 4. The van der Waals surface area contributed by atoms with Gasteiger partial charge >= 0.3 is 0 Å². The van der Waals surface area contributed by atoms with Crippen molar-refractivity contribution in [3.63, 3.8) is 0 Å². The van der Waals surface area contributed by atoms with Gasteiger partial charge in [-0.3, -0.25) is 0 Å². The van der Waals surface area contributed by atoms with Crippen LogP contribution in [0.2, 0.25) is 0 Å². The van der Waals surface area contributed by atoms with Gasteiger partial charge in [-0.05, 0) is 47.6 Å². The Morgan fingerprint density at radius 3 is 2.80 bits per heavy atom. The van der Waals surface area contributed by atoms with E-state index in [1.54, 1.807) is 11.3 Å². The largest absolute Gasteiger partial charge is 0.386 e. The lowest BCUT2D eigenvalue weighted by Gasteiger charge is -2.18. The number of thiophene rings is 1. The third-order valence-electron chi connectivity index (χ3n) is 3.58. The fourth-order valence-electron chi connectivity index (χ4n) is 2.22. The maximum Gasteiger partial charge on any atom is 0.102 e. The number of aliphatic hydroxyl groups excluding tert-OH is 1. The predicted octanol–water partition coefficient (Wildman–Crippen LogP) is 3.29. The smallest absolute Gasteiger partial charge is 0.102 e. The number of ether oxygens (including phenoxy) is 1. The molecule has 110 valence electrons. The summed E-state index contributed by atoms with van der Waals surface area (Å²) in [5.41, 5.74) is 0.929. The van der Waals surface area contributed by atoms with Crippen molar-refractivity contribution in [3.05, 3.63) is 35.2 Å². The summed E-state index contributed by atoms with van der Waals surface area (Å²) in [7, 11) is 0. The van der Waals surface area contributed by atoms with Crippen molar-refractivity contribution in [2.24, 2.45) is 0 Å². The van der Waals surface area contributed by atoms with Crippen molar-refractivity contribution in [2.75, 3.05) is 32.8 Å². The van der Waals surface area contributed by atoms with E-state index in [9.17, 15) is 5.11 Å². The van der Waals surface area contributed by atoms with Gasteiger partial charge in [-0.25, -0.2) is 0 Å². The van der Waals surface area contributed by atoms with E-state index in [2.05, 4.69) is 36.3 Å². The highest BCUT2D eigenvalue weighted by Crippen LogP contribution is 2.24. The molecule has 1 heterocycles. The average Bonchev–Trinajstić information content (AvgIpc) is 2.94. The molecule has 1 aromatic heterocycles. The van der Waals surface area contributed by atoms with Crippen LogP contribution in [0.15, 0.2) is 29.6 Å². The molecule has 0 bridgehead atoms. The number of hydrogen-bond donors (Lipinski definition) is 1. The van der Waals surface area contributed by atoms with Crippen LogP contribution in [0.1, 0.15) is 25.5 Å². The van der Waals surface area contributed by atoms with Gasteiger partial charge in [-0.2, -0.15) is 0 Å². The van der Waals surface area contributed by atoms with E-state index in [0.29, 0.717) is 13.2 Å². The number of likely N-dealkylation sites (N-methyl/N-ethyl adjacent to an activating group) is 1. The summed E-state index contributed by atoms with van der Waals surface area (Å²) >= 11 is 1.72. The monoisotopic (exact) mass is 293 g/mol. The summed E-state index contributed by atoms with van der Waals surface area (Å²) in [5, 5.41) is 13.4. The Morgan fingerprint density at radius 2 is 2.05 bits per heavy atom. The minimum Gasteiger partial charge on any atom is -0.386 e. The third kappa shape index (κ3) is 4.03. The molecular formula is C16H23NO2S. The lowest BCUT2D eigenvalue weighted by molar-refractivity contribution is 0.0274. The fourth-order valence-corrected chi connectivity index (χ4v) is 2.99. The first-order chi connectivity index (χ1) is 9.74. The number of aliphatic hydroxyl groups is 1. The van der Waals surface area contributed by atoms with Crippen molar-refractivity contribution in [1.82, 2.24) is 4.90 Å². The van der Waals surface area contributed by atoms with Crippen LogP contribution in [0.4, 0.5) is 0 Å². The van der Waals surface area contributed by atoms with Crippen LogP contribution in [0, 0.1) is 0 Å².